The summed E-state index contributed by atoms with van der Waals surface area (Å²) in [4.78, 5) is 19.2. The molecule has 0 N–H and O–H groups in total. The van der Waals surface area contributed by atoms with E-state index in [1.54, 1.807) is 28.0 Å². The molecule has 1 atom stereocenters. The third-order valence-corrected chi connectivity index (χ3v) is 4.27. The van der Waals surface area contributed by atoms with Crippen LogP contribution < -0.4 is 9.64 Å². The van der Waals surface area contributed by atoms with Crippen LogP contribution in [0.2, 0.25) is 0 Å². The van der Waals surface area contributed by atoms with Crippen LogP contribution in [-0.4, -0.2) is 33.3 Å². The summed E-state index contributed by atoms with van der Waals surface area (Å²) in [5.41, 5.74) is 1.97. The SMILES string of the molecule is CC[C@@H]1CN(C(=O)c2cc(-n3cccn3)ccn2)c2ccccc2O1. The third-order valence-electron chi connectivity index (χ3n) is 4.27. The molecule has 2 aromatic heterocycles. The fraction of sp³-hybridized carbons (Fsp3) is 0.211. The van der Waals surface area contributed by atoms with Gasteiger partial charge in [0.15, 0.2) is 0 Å². The largest absolute Gasteiger partial charge is 0.486 e. The fourth-order valence-electron chi connectivity index (χ4n) is 2.94. The standard InChI is InChI=1S/C19H18N4O2/c1-2-15-13-22(17-6-3-4-7-18(17)25-15)19(24)16-12-14(8-10-20-16)23-11-5-9-21-23/h3-12,15H,2,13H2,1H3/t15-/m1/s1. The lowest BCUT2D eigenvalue weighted by atomic mass is 10.1. The molecule has 1 aromatic carbocycles. The normalized spacial score (nSPS) is 16.2. The predicted octanol–water partition coefficient (Wildman–Crippen LogP) is 3.09. The predicted molar refractivity (Wildman–Crippen MR) is 94.2 cm³/mol. The molecule has 0 spiro atoms. The first-order chi connectivity index (χ1) is 12.3. The van der Waals surface area contributed by atoms with Gasteiger partial charge < -0.3 is 4.74 Å². The summed E-state index contributed by atoms with van der Waals surface area (Å²) in [6.07, 6.45) is 5.98. The Hall–Kier alpha value is -3.15. The minimum absolute atomic E-state index is 0.0202. The zero-order valence-corrected chi connectivity index (χ0v) is 13.9. The minimum Gasteiger partial charge on any atom is -0.486 e. The van der Waals surface area contributed by atoms with E-state index in [1.165, 1.54) is 0 Å². The first kappa shape index (κ1) is 15.4. The Morgan fingerprint density at radius 1 is 1.24 bits per heavy atom. The second-order valence-electron chi connectivity index (χ2n) is 5.88. The lowest BCUT2D eigenvalue weighted by Gasteiger charge is -2.34. The molecule has 6 heteroatoms. The second-order valence-corrected chi connectivity index (χ2v) is 5.88. The van der Waals surface area contributed by atoms with Gasteiger partial charge in [0.25, 0.3) is 5.91 Å². The smallest absolute Gasteiger partial charge is 0.277 e. The van der Waals surface area contributed by atoms with Crippen molar-refractivity contribution < 1.29 is 9.53 Å². The van der Waals surface area contributed by atoms with Crippen LogP contribution in [0.15, 0.2) is 61.1 Å². The molecule has 6 nitrogen and oxygen atoms in total. The summed E-state index contributed by atoms with van der Waals surface area (Å²) in [5, 5.41) is 4.20. The molecule has 0 radical (unpaired) electrons. The molecule has 0 aliphatic carbocycles. The van der Waals surface area contributed by atoms with Gasteiger partial charge in [-0.3, -0.25) is 14.7 Å². The van der Waals surface area contributed by atoms with Gasteiger partial charge in [-0.2, -0.15) is 5.10 Å². The minimum atomic E-state index is -0.136. The monoisotopic (exact) mass is 334 g/mol. The molecular weight excluding hydrogens is 316 g/mol. The quantitative estimate of drug-likeness (QED) is 0.738. The van der Waals surface area contributed by atoms with E-state index < -0.39 is 0 Å². The molecule has 0 fully saturated rings. The van der Waals surface area contributed by atoms with Gasteiger partial charge >= 0.3 is 0 Å². The second kappa shape index (κ2) is 6.39. The number of rotatable bonds is 3. The summed E-state index contributed by atoms with van der Waals surface area (Å²) >= 11 is 0. The number of nitrogens with zero attached hydrogens (tertiary/aromatic N) is 4. The van der Waals surface area contributed by atoms with Crippen LogP contribution >= 0.6 is 0 Å². The number of para-hydroxylation sites is 2. The topological polar surface area (TPSA) is 60.2 Å². The van der Waals surface area contributed by atoms with Gasteiger partial charge in [-0.1, -0.05) is 19.1 Å². The van der Waals surface area contributed by atoms with Crippen LogP contribution in [0.3, 0.4) is 0 Å². The van der Waals surface area contributed by atoms with E-state index in [2.05, 4.69) is 17.0 Å². The van der Waals surface area contributed by atoms with Crippen molar-refractivity contribution in [3.8, 4) is 11.4 Å². The van der Waals surface area contributed by atoms with Gasteiger partial charge in [0.2, 0.25) is 0 Å². The van der Waals surface area contributed by atoms with Gasteiger partial charge in [-0.15, -0.1) is 0 Å². The van der Waals surface area contributed by atoms with Crippen LogP contribution in [0.4, 0.5) is 5.69 Å². The molecule has 1 amide bonds. The van der Waals surface area contributed by atoms with Gasteiger partial charge in [0, 0.05) is 18.6 Å². The Labute approximate surface area is 145 Å². The van der Waals surface area contributed by atoms with Crippen molar-refractivity contribution in [2.75, 3.05) is 11.4 Å². The van der Waals surface area contributed by atoms with Gasteiger partial charge in [0.1, 0.15) is 17.5 Å². The Morgan fingerprint density at radius 2 is 2.12 bits per heavy atom. The van der Waals surface area contributed by atoms with Crippen molar-refractivity contribution in [1.82, 2.24) is 14.8 Å². The van der Waals surface area contributed by atoms with Crippen molar-refractivity contribution in [3.05, 3.63) is 66.7 Å². The Bertz CT molecular complexity index is 892. The lowest BCUT2D eigenvalue weighted by Crippen LogP contribution is -2.43. The number of carbonyl (C=O) groups is 1. The number of carbonyl (C=O) groups excluding carboxylic acids is 1. The molecule has 25 heavy (non-hydrogen) atoms. The maximum atomic E-state index is 13.1. The molecule has 1 aliphatic rings. The molecule has 0 bridgehead atoms. The average Bonchev–Trinajstić information content (AvgIpc) is 3.21. The van der Waals surface area contributed by atoms with E-state index in [0.29, 0.717) is 12.2 Å². The van der Waals surface area contributed by atoms with E-state index in [1.807, 2.05) is 42.6 Å². The van der Waals surface area contributed by atoms with E-state index in [-0.39, 0.29) is 12.0 Å². The zero-order chi connectivity index (χ0) is 17.2. The molecule has 0 unspecified atom stereocenters. The van der Waals surface area contributed by atoms with E-state index >= 15 is 0 Å². The van der Waals surface area contributed by atoms with Crippen molar-refractivity contribution in [2.24, 2.45) is 0 Å². The Kier molecular flexibility index (Phi) is 3.93. The Morgan fingerprint density at radius 3 is 2.92 bits per heavy atom. The number of fused-ring (bicyclic) bond motifs is 1. The molecule has 0 saturated carbocycles. The number of ether oxygens (including phenoxy) is 1. The number of hydrogen-bond acceptors (Lipinski definition) is 4. The summed E-state index contributed by atoms with van der Waals surface area (Å²) < 4.78 is 7.66. The highest BCUT2D eigenvalue weighted by Gasteiger charge is 2.30. The summed E-state index contributed by atoms with van der Waals surface area (Å²) in [5.74, 6) is 0.598. The van der Waals surface area contributed by atoms with Crippen LogP contribution in [0, 0.1) is 0 Å². The molecular formula is C19H18N4O2. The highest BCUT2D eigenvalue weighted by atomic mass is 16.5. The molecule has 3 aromatic rings. The molecule has 0 saturated heterocycles. The van der Waals surface area contributed by atoms with Crippen LogP contribution in [0.25, 0.3) is 5.69 Å². The van der Waals surface area contributed by atoms with Crippen molar-refractivity contribution in [1.29, 1.82) is 0 Å². The Balaban J connectivity index is 1.70. The number of benzene rings is 1. The van der Waals surface area contributed by atoms with E-state index in [9.17, 15) is 4.79 Å². The van der Waals surface area contributed by atoms with Crippen molar-refractivity contribution in [2.45, 2.75) is 19.4 Å². The fourth-order valence-corrected chi connectivity index (χ4v) is 2.94. The number of hydrogen-bond donors (Lipinski definition) is 0. The molecule has 1 aliphatic heterocycles. The maximum absolute atomic E-state index is 13.1. The van der Waals surface area contributed by atoms with Crippen LogP contribution in [0.5, 0.6) is 5.75 Å². The van der Waals surface area contributed by atoms with Crippen molar-refractivity contribution >= 4 is 11.6 Å². The zero-order valence-electron chi connectivity index (χ0n) is 13.9. The maximum Gasteiger partial charge on any atom is 0.277 e. The van der Waals surface area contributed by atoms with Gasteiger partial charge in [0.05, 0.1) is 17.9 Å². The van der Waals surface area contributed by atoms with E-state index in [4.69, 9.17) is 4.74 Å². The third kappa shape index (κ3) is 2.87. The molecule has 3 heterocycles. The number of pyridine rings is 1. The lowest BCUT2D eigenvalue weighted by molar-refractivity contribution is 0.0949. The van der Waals surface area contributed by atoms with Gasteiger partial charge in [-0.25, -0.2) is 4.68 Å². The summed E-state index contributed by atoms with van der Waals surface area (Å²) in [7, 11) is 0. The van der Waals surface area contributed by atoms with Crippen LogP contribution in [-0.2, 0) is 0 Å². The van der Waals surface area contributed by atoms with E-state index in [0.717, 1.165) is 23.5 Å². The average molecular weight is 334 g/mol. The van der Waals surface area contributed by atoms with Gasteiger partial charge in [-0.05, 0) is 36.8 Å². The number of aromatic nitrogens is 3. The summed E-state index contributed by atoms with van der Waals surface area (Å²) in [6.45, 7) is 2.57. The first-order valence-electron chi connectivity index (χ1n) is 8.30. The van der Waals surface area contributed by atoms with Crippen molar-refractivity contribution in [3.63, 3.8) is 0 Å². The molecule has 126 valence electrons. The highest BCUT2D eigenvalue weighted by molar-refractivity contribution is 6.06. The molecule has 4 rings (SSSR count). The van der Waals surface area contributed by atoms with Crippen LogP contribution in [0.1, 0.15) is 23.8 Å². The number of anilines is 1. The summed E-state index contributed by atoms with van der Waals surface area (Å²) in [6, 6.07) is 13.0. The highest BCUT2D eigenvalue weighted by Crippen LogP contribution is 2.34. The number of amides is 1. The first-order valence-corrected chi connectivity index (χ1v) is 8.30.